The molecule has 4 N–H and O–H groups in total. The summed E-state index contributed by atoms with van der Waals surface area (Å²) in [7, 11) is 0. The van der Waals surface area contributed by atoms with Gasteiger partial charge < -0.3 is 10.7 Å². The fourth-order valence-corrected chi connectivity index (χ4v) is 2.17. The lowest BCUT2D eigenvalue weighted by atomic mass is 10.1. The number of nitrogens with two attached hydrogens (primary N) is 1. The number of rotatable bonds is 6. The molecule has 2 rings (SSSR count). The van der Waals surface area contributed by atoms with Gasteiger partial charge in [0.1, 0.15) is 0 Å². The first kappa shape index (κ1) is 14.3. The number of nitro benzene ring substituents is 1. The molecule has 0 heterocycles. The van der Waals surface area contributed by atoms with Crippen LogP contribution in [0.25, 0.3) is 0 Å². The van der Waals surface area contributed by atoms with Crippen molar-refractivity contribution in [2.24, 2.45) is 11.8 Å². The molecule has 0 spiro atoms. The molecule has 1 unspecified atom stereocenters. The highest BCUT2D eigenvalue weighted by molar-refractivity contribution is 6.00. The number of carbonyl (C=O) groups excluding carboxylic acids is 1. The molecule has 1 aliphatic carbocycles. The Morgan fingerprint density at radius 1 is 1.55 bits per heavy atom. The Balaban J connectivity index is 2.13. The quantitative estimate of drug-likeness (QED) is 0.417. The molecule has 20 heavy (non-hydrogen) atoms. The lowest BCUT2D eigenvalue weighted by molar-refractivity contribution is -0.384. The molecular weight excluding hydrogens is 260 g/mol. The molecule has 1 atom stereocenters. The molecule has 0 aromatic heterocycles. The molecule has 1 aromatic rings. The van der Waals surface area contributed by atoms with Crippen LogP contribution in [-0.4, -0.2) is 16.9 Å². The Kier molecular flexibility index (Phi) is 4.19. The predicted molar refractivity (Wildman–Crippen MR) is 75.2 cm³/mol. The summed E-state index contributed by atoms with van der Waals surface area (Å²) >= 11 is 0. The van der Waals surface area contributed by atoms with Gasteiger partial charge in [-0.3, -0.25) is 20.8 Å². The van der Waals surface area contributed by atoms with Gasteiger partial charge >= 0.3 is 0 Å². The number of carbonyl (C=O) groups is 1. The van der Waals surface area contributed by atoms with Crippen molar-refractivity contribution in [3.63, 3.8) is 0 Å². The van der Waals surface area contributed by atoms with Crippen LogP contribution >= 0.6 is 0 Å². The van der Waals surface area contributed by atoms with E-state index >= 15 is 0 Å². The average molecular weight is 278 g/mol. The number of nitro groups is 1. The van der Waals surface area contributed by atoms with E-state index in [4.69, 9.17) is 5.84 Å². The van der Waals surface area contributed by atoms with Gasteiger partial charge in [0.2, 0.25) is 0 Å². The van der Waals surface area contributed by atoms with E-state index in [-0.39, 0.29) is 23.2 Å². The van der Waals surface area contributed by atoms with E-state index in [1.165, 1.54) is 31.0 Å². The Bertz CT molecular complexity index is 528. The van der Waals surface area contributed by atoms with Crippen LogP contribution in [0.2, 0.25) is 0 Å². The van der Waals surface area contributed by atoms with Gasteiger partial charge in [0.05, 0.1) is 16.2 Å². The zero-order chi connectivity index (χ0) is 14.7. The maximum atomic E-state index is 12.2. The highest BCUT2D eigenvalue weighted by Gasteiger charge is 2.25. The average Bonchev–Trinajstić information content (AvgIpc) is 3.21. The van der Waals surface area contributed by atoms with Crippen LogP contribution in [0.3, 0.4) is 0 Å². The standard InChI is InChI=1S/C13H18N4O3/c1-8(6-9-2-3-9)15-13(18)11-7-10(17(19)20)4-5-12(11)16-14/h4-5,7-9,16H,2-3,6,14H2,1H3,(H,15,18). The minimum atomic E-state index is -0.537. The summed E-state index contributed by atoms with van der Waals surface area (Å²) in [5.74, 6) is 5.68. The van der Waals surface area contributed by atoms with Crippen molar-refractivity contribution in [2.75, 3.05) is 5.43 Å². The Labute approximate surface area is 116 Å². The highest BCUT2D eigenvalue weighted by atomic mass is 16.6. The lowest BCUT2D eigenvalue weighted by Crippen LogP contribution is -2.33. The summed E-state index contributed by atoms with van der Waals surface area (Å²) in [5.41, 5.74) is 2.80. The molecule has 7 heteroatoms. The predicted octanol–water partition coefficient (Wildman–Crippen LogP) is 1.80. The summed E-state index contributed by atoms with van der Waals surface area (Å²) in [6, 6.07) is 4.01. The number of nitrogens with zero attached hydrogens (tertiary/aromatic N) is 1. The van der Waals surface area contributed by atoms with Crippen molar-refractivity contribution in [1.82, 2.24) is 5.32 Å². The molecule has 0 bridgehead atoms. The zero-order valence-electron chi connectivity index (χ0n) is 11.3. The second kappa shape index (κ2) is 5.87. The van der Waals surface area contributed by atoms with E-state index in [2.05, 4.69) is 10.7 Å². The van der Waals surface area contributed by atoms with E-state index in [0.29, 0.717) is 11.6 Å². The van der Waals surface area contributed by atoms with Crippen LogP contribution in [0.5, 0.6) is 0 Å². The fraction of sp³-hybridized carbons (Fsp3) is 0.462. The number of hydrazine groups is 1. The van der Waals surface area contributed by atoms with E-state index in [1.807, 2.05) is 6.92 Å². The number of non-ortho nitro benzene ring substituents is 1. The van der Waals surface area contributed by atoms with Gasteiger partial charge in [0.25, 0.3) is 11.6 Å². The molecule has 1 fully saturated rings. The van der Waals surface area contributed by atoms with Crippen molar-refractivity contribution in [1.29, 1.82) is 0 Å². The Hall–Kier alpha value is -2.15. The first-order valence-electron chi connectivity index (χ1n) is 6.57. The Morgan fingerprint density at radius 3 is 2.80 bits per heavy atom. The molecule has 108 valence electrons. The normalized spacial score (nSPS) is 15.5. The summed E-state index contributed by atoms with van der Waals surface area (Å²) in [6.07, 6.45) is 3.37. The number of benzene rings is 1. The number of nitrogen functional groups attached to an aromatic ring is 1. The van der Waals surface area contributed by atoms with E-state index in [1.54, 1.807) is 0 Å². The molecule has 7 nitrogen and oxygen atoms in total. The third kappa shape index (κ3) is 3.45. The van der Waals surface area contributed by atoms with E-state index < -0.39 is 4.92 Å². The molecule has 0 radical (unpaired) electrons. The van der Waals surface area contributed by atoms with Crippen molar-refractivity contribution in [3.05, 3.63) is 33.9 Å². The number of amides is 1. The molecular formula is C13H18N4O3. The summed E-state index contributed by atoms with van der Waals surface area (Å²) in [4.78, 5) is 22.4. The maximum absolute atomic E-state index is 12.2. The first-order valence-corrected chi connectivity index (χ1v) is 6.57. The van der Waals surface area contributed by atoms with Crippen molar-refractivity contribution < 1.29 is 9.72 Å². The first-order chi connectivity index (χ1) is 9.51. The van der Waals surface area contributed by atoms with Gasteiger partial charge in [-0.1, -0.05) is 12.8 Å². The SMILES string of the molecule is CC(CC1CC1)NC(=O)c1cc([N+](=O)[O-])ccc1NN. The topological polar surface area (TPSA) is 110 Å². The molecule has 1 aromatic carbocycles. The molecule has 1 amide bonds. The Morgan fingerprint density at radius 2 is 2.25 bits per heavy atom. The van der Waals surface area contributed by atoms with Crippen LogP contribution in [0, 0.1) is 16.0 Å². The summed E-state index contributed by atoms with van der Waals surface area (Å²) in [5, 5.41) is 13.6. The van der Waals surface area contributed by atoms with Crippen molar-refractivity contribution in [2.45, 2.75) is 32.2 Å². The number of hydrogen-bond acceptors (Lipinski definition) is 5. The fourth-order valence-electron chi connectivity index (χ4n) is 2.17. The second-order valence-electron chi connectivity index (χ2n) is 5.18. The van der Waals surface area contributed by atoms with Gasteiger partial charge in [-0.25, -0.2) is 0 Å². The van der Waals surface area contributed by atoms with Crippen LogP contribution < -0.4 is 16.6 Å². The van der Waals surface area contributed by atoms with Crippen molar-refractivity contribution >= 4 is 17.3 Å². The minimum absolute atomic E-state index is 0.0416. The number of hydrogen-bond donors (Lipinski definition) is 3. The van der Waals surface area contributed by atoms with Crippen molar-refractivity contribution in [3.8, 4) is 0 Å². The smallest absolute Gasteiger partial charge is 0.270 e. The van der Waals surface area contributed by atoms with E-state index in [0.717, 1.165) is 6.42 Å². The molecule has 1 aliphatic rings. The monoisotopic (exact) mass is 278 g/mol. The van der Waals surface area contributed by atoms with Crippen LogP contribution in [0.1, 0.15) is 36.5 Å². The van der Waals surface area contributed by atoms with Gasteiger partial charge in [-0.15, -0.1) is 0 Å². The van der Waals surface area contributed by atoms with Gasteiger partial charge in [-0.05, 0) is 25.3 Å². The third-order valence-corrected chi connectivity index (χ3v) is 3.38. The van der Waals surface area contributed by atoms with E-state index in [9.17, 15) is 14.9 Å². The highest BCUT2D eigenvalue weighted by Crippen LogP contribution is 2.33. The lowest BCUT2D eigenvalue weighted by Gasteiger charge is -2.15. The maximum Gasteiger partial charge on any atom is 0.270 e. The second-order valence-corrected chi connectivity index (χ2v) is 5.18. The molecule has 0 saturated heterocycles. The van der Waals surface area contributed by atoms with Gasteiger partial charge in [0, 0.05) is 18.2 Å². The van der Waals surface area contributed by atoms with Crippen LogP contribution in [-0.2, 0) is 0 Å². The third-order valence-electron chi connectivity index (χ3n) is 3.38. The molecule has 0 aliphatic heterocycles. The van der Waals surface area contributed by atoms with Crippen LogP contribution in [0.4, 0.5) is 11.4 Å². The van der Waals surface area contributed by atoms with Gasteiger partial charge in [-0.2, -0.15) is 0 Å². The van der Waals surface area contributed by atoms with Crippen LogP contribution in [0.15, 0.2) is 18.2 Å². The molecule has 1 saturated carbocycles. The minimum Gasteiger partial charge on any atom is -0.350 e. The van der Waals surface area contributed by atoms with Gasteiger partial charge in [0.15, 0.2) is 0 Å². The summed E-state index contributed by atoms with van der Waals surface area (Å²) < 4.78 is 0. The zero-order valence-corrected chi connectivity index (χ0v) is 11.3. The summed E-state index contributed by atoms with van der Waals surface area (Å²) in [6.45, 7) is 1.93. The number of nitrogens with one attached hydrogen (secondary N) is 2. The largest absolute Gasteiger partial charge is 0.350 e. The number of anilines is 1.